The van der Waals surface area contributed by atoms with Gasteiger partial charge < -0.3 is 0 Å². The van der Waals surface area contributed by atoms with Crippen LogP contribution in [-0.2, 0) is 6.18 Å². The first-order chi connectivity index (χ1) is 12.9. The molecule has 3 aromatic heterocycles. The molecule has 1 aromatic carbocycles. The van der Waals surface area contributed by atoms with E-state index in [-0.39, 0.29) is 5.65 Å². The lowest BCUT2D eigenvalue weighted by Crippen LogP contribution is -2.08. The highest BCUT2D eigenvalue weighted by Gasteiger charge is 2.32. The summed E-state index contributed by atoms with van der Waals surface area (Å²) in [6.07, 6.45) is -1.60. The van der Waals surface area contributed by atoms with Gasteiger partial charge in [0.15, 0.2) is 5.65 Å². The molecule has 0 aliphatic heterocycles. The molecule has 0 fully saturated rings. The smallest absolute Gasteiger partial charge is 0.256 e. The van der Waals surface area contributed by atoms with Crippen molar-refractivity contribution in [3.8, 4) is 22.4 Å². The molecule has 0 amide bonds. The van der Waals surface area contributed by atoms with Gasteiger partial charge in [0.1, 0.15) is 11.5 Å². The molecule has 3 nitrogen and oxygen atoms in total. The summed E-state index contributed by atoms with van der Waals surface area (Å²) in [6, 6.07) is 13.6. The van der Waals surface area contributed by atoms with Gasteiger partial charge in [0.25, 0.3) is 0 Å². The predicted molar refractivity (Wildman–Crippen MR) is 93.2 cm³/mol. The number of alkyl halides is 3. The van der Waals surface area contributed by atoms with Gasteiger partial charge in [-0.05, 0) is 53.6 Å². The van der Waals surface area contributed by atoms with Crippen LogP contribution in [0.15, 0.2) is 67.0 Å². The number of pyridine rings is 3. The van der Waals surface area contributed by atoms with Crippen molar-refractivity contribution in [3.63, 3.8) is 0 Å². The Hall–Kier alpha value is -3.35. The number of benzene rings is 1. The molecule has 0 atom stereocenters. The van der Waals surface area contributed by atoms with Gasteiger partial charge in [0, 0.05) is 23.3 Å². The van der Waals surface area contributed by atoms with Gasteiger partial charge in [0.05, 0.1) is 5.69 Å². The zero-order valence-electron chi connectivity index (χ0n) is 13.7. The number of hydrogen-bond donors (Lipinski definition) is 0. The van der Waals surface area contributed by atoms with Crippen LogP contribution in [0.2, 0.25) is 0 Å². The van der Waals surface area contributed by atoms with Crippen LogP contribution in [0.3, 0.4) is 0 Å². The van der Waals surface area contributed by atoms with Crippen LogP contribution in [-0.4, -0.2) is 15.0 Å². The summed E-state index contributed by atoms with van der Waals surface area (Å²) in [7, 11) is 0. The van der Waals surface area contributed by atoms with Crippen LogP contribution >= 0.6 is 0 Å². The van der Waals surface area contributed by atoms with Crippen molar-refractivity contribution in [2.45, 2.75) is 6.18 Å². The highest BCUT2D eigenvalue weighted by atomic mass is 19.4. The third-order valence-corrected chi connectivity index (χ3v) is 4.11. The number of fused-ring (bicyclic) bond motifs is 1. The zero-order chi connectivity index (χ0) is 19.0. The standard InChI is InChI=1S/C20H11F4N3/c21-16-6-4-12(11-15(16)17-3-1-2-9-25-17)13-8-10-26-19-14(13)5-7-18(27-19)20(22,23)24/h1-11H. The Labute approximate surface area is 151 Å². The minimum absolute atomic E-state index is 0.0222. The predicted octanol–water partition coefficient (Wildman–Crippen LogP) is 5.52. The maximum Gasteiger partial charge on any atom is 0.433 e. The molecule has 7 heteroatoms. The molecule has 0 N–H and O–H groups in total. The zero-order valence-corrected chi connectivity index (χ0v) is 13.7. The average Bonchev–Trinajstić information content (AvgIpc) is 2.67. The Bertz CT molecular complexity index is 1130. The van der Waals surface area contributed by atoms with Crippen molar-refractivity contribution in [1.82, 2.24) is 15.0 Å². The van der Waals surface area contributed by atoms with Gasteiger partial charge in [-0.2, -0.15) is 13.2 Å². The lowest BCUT2D eigenvalue weighted by Gasteiger charge is -2.11. The molecule has 0 aliphatic rings. The number of halogens is 4. The summed E-state index contributed by atoms with van der Waals surface area (Å²) < 4.78 is 52.9. The fraction of sp³-hybridized carbons (Fsp3) is 0.0500. The Morgan fingerprint density at radius 1 is 0.778 bits per heavy atom. The van der Waals surface area contributed by atoms with Crippen molar-refractivity contribution in [3.05, 3.63) is 78.5 Å². The van der Waals surface area contributed by atoms with E-state index in [1.807, 2.05) is 0 Å². The molecule has 0 saturated heterocycles. The van der Waals surface area contributed by atoms with Gasteiger partial charge in [-0.25, -0.2) is 14.4 Å². The normalized spacial score (nSPS) is 11.7. The second-order valence-electron chi connectivity index (χ2n) is 5.83. The largest absolute Gasteiger partial charge is 0.433 e. The molecular weight excluding hydrogens is 358 g/mol. The first-order valence-electron chi connectivity index (χ1n) is 7.98. The Morgan fingerprint density at radius 2 is 1.63 bits per heavy atom. The second-order valence-corrected chi connectivity index (χ2v) is 5.83. The van der Waals surface area contributed by atoms with Gasteiger partial charge in [-0.1, -0.05) is 12.1 Å². The van der Waals surface area contributed by atoms with Crippen molar-refractivity contribution in [2.75, 3.05) is 0 Å². The molecule has 4 aromatic rings. The van der Waals surface area contributed by atoms with Gasteiger partial charge >= 0.3 is 6.18 Å². The fourth-order valence-corrected chi connectivity index (χ4v) is 2.85. The second kappa shape index (κ2) is 6.42. The van der Waals surface area contributed by atoms with Crippen molar-refractivity contribution in [1.29, 1.82) is 0 Å². The van der Waals surface area contributed by atoms with E-state index < -0.39 is 17.7 Å². The molecule has 0 spiro atoms. The summed E-state index contributed by atoms with van der Waals surface area (Å²) in [5, 5.41) is 0.448. The van der Waals surface area contributed by atoms with Crippen LogP contribution in [0, 0.1) is 5.82 Å². The summed E-state index contributed by atoms with van der Waals surface area (Å²) in [4.78, 5) is 11.7. The monoisotopic (exact) mass is 369 g/mol. The number of hydrogen-bond acceptors (Lipinski definition) is 3. The molecule has 0 unspecified atom stereocenters. The van der Waals surface area contributed by atoms with E-state index in [9.17, 15) is 17.6 Å². The molecule has 27 heavy (non-hydrogen) atoms. The topological polar surface area (TPSA) is 38.7 Å². The van der Waals surface area contributed by atoms with Gasteiger partial charge in [0.2, 0.25) is 0 Å². The molecule has 0 bridgehead atoms. The van der Waals surface area contributed by atoms with Crippen molar-refractivity contribution >= 4 is 11.0 Å². The lowest BCUT2D eigenvalue weighted by atomic mass is 9.99. The third-order valence-electron chi connectivity index (χ3n) is 4.11. The van der Waals surface area contributed by atoms with E-state index in [1.54, 1.807) is 42.6 Å². The minimum atomic E-state index is -4.55. The average molecular weight is 369 g/mol. The third kappa shape index (κ3) is 3.23. The lowest BCUT2D eigenvalue weighted by molar-refractivity contribution is -0.141. The molecule has 0 aliphatic carbocycles. The molecule has 0 radical (unpaired) electrons. The summed E-state index contributed by atoms with van der Waals surface area (Å²) in [6.45, 7) is 0. The van der Waals surface area contributed by atoms with Crippen LogP contribution in [0.25, 0.3) is 33.4 Å². The molecular formula is C20H11F4N3. The van der Waals surface area contributed by atoms with Crippen LogP contribution in [0.5, 0.6) is 0 Å². The van der Waals surface area contributed by atoms with E-state index >= 15 is 0 Å². The summed E-state index contributed by atoms with van der Waals surface area (Å²) >= 11 is 0. The Morgan fingerprint density at radius 3 is 2.37 bits per heavy atom. The van der Waals surface area contributed by atoms with E-state index in [2.05, 4.69) is 15.0 Å². The van der Waals surface area contributed by atoms with E-state index in [1.165, 1.54) is 18.3 Å². The van der Waals surface area contributed by atoms with Crippen molar-refractivity contribution < 1.29 is 17.6 Å². The molecule has 4 rings (SSSR count). The highest BCUT2D eigenvalue weighted by molar-refractivity contribution is 5.93. The summed E-state index contributed by atoms with van der Waals surface area (Å²) in [5.41, 5.74) is 0.981. The Balaban J connectivity index is 1.88. The maximum absolute atomic E-state index is 14.3. The van der Waals surface area contributed by atoms with E-state index in [0.717, 1.165) is 6.07 Å². The van der Waals surface area contributed by atoms with Gasteiger partial charge in [-0.3, -0.25) is 4.98 Å². The minimum Gasteiger partial charge on any atom is -0.256 e. The molecule has 0 saturated carbocycles. The highest BCUT2D eigenvalue weighted by Crippen LogP contribution is 2.33. The van der Waals surface area contributed by atoms with Gasteiger partial charge in [-0.15, -0.1) is 0 Å². The fourth-order valence-electron chi connectivity index (χ4n) is 2.85. The Kier molecular flexibility index (Phi) is 4.07. The molecule has 3 heterocycles. The number of aromatic nitrogens is 3. The maximum atomic E-state index is 14.3. The van der Waals surface area contributed by atoms with Crippen LogP contribution in [0.1, 0.15) is 5.69 Å². The SMILES string of the molecule is Fc1ccc(-c2ccnc3nc(C(F)(F)F)ccc23)cc1-c1ccccn1. The quantitative estimate of drug-likeness (QED) is 0.437. The van der Waals surface area contributed by atoms with Crippen LogP contribution < -0.4 is 0 Å². The van der Waals surface area contributed by atoms with Crippen LogP contribution in [0.4, 0.5) is 17.6 Å². The van der Waals surface area contributed by atoms with E-state index in [4.69, 9.17) is 0 Å². The first-order valence-corrected chi connectivity index (χ1v) is 7.98. The first kappa shape index (κ1) is 17.1. The van der Waals surface area contributed by atoms with Crippen molar-refractivity contribution in [2.24, 2.45) is 0 Å². The number of rotatable bonds is 2. The van der Waals surface area contributed by atoms with E-state index in [0.29, 0.717) is 27.8 Å². The number of nitrogens with zero attached hydrogens (tertiary/aromatic N) is 3. The summed E-state index contributed by atoms with van der Waals surface area (Å²) in [5.74, 6) is -0.437. The molecule has 134 valence electrons.